The molecule has 242 valence electrons. The summed E-state index contributed by atoms with van der Waals surface area (Å²) in [5.41, 5.74) is 8.97. The lowest BCUT2D eigenvalue weighted by molar-refractivity contribution is -0.143. The number of halogens is 1. The number of piperazine rings is 1. The van der Waals surface area contributed by atoms with Crippen LogP contribution in [0.15, 0.2) is 36.4 Å². The van der Waals surface area contributed by atoms with Crippen molar-refractivity contribution in [2.24, 2.45) is 0 Å². The number of rotatable bonds is 5. The summed E-state index contributed by atoms with van der Waals surface area (Å²) in [4.78, 5) is 48.2. The van der Waals surface area contributed by atoms with Crippen LogP contribution >= 0.6 is 11.6 Å². The highest BCUT2D eigenvalue weighted by molar-refractivity contribution is 6.33. The van der Waals surface area contributed by atoms with Crippen LogP contribution in [0.1, 0.15) is 42.4 Å². The van der Waals surface area contributed by atoms with Crippen LogP contribution in [-0.4, -0.2) is 109 Å². The van der Waals surface area contributed by atoms with E-state index in [0.29, 0.717) is 55.8 Å². The second kappa shape index (κ2) is 13.1. The van der Waals surface area contributed by atoms with Crippen LogP contribution in [0.3, 0.4) is 0 Å². The zero-order chi connectivity index (χ0) is 31.7. The van der Waals surface area contributed by atoms with Gasteiger partial charge in [0.15, 0.2) is 6.10 Å². The van der Waals surface area contributed by atoms with Crippen LogP contribution in [0.5, 0.6) is 0 Å². The molecule has 0 unspecified atom stereocenters. The Morgan fingerprint density at radius 1 is 1.04 bits per heavy atom. The second-order valence-electron chi connectivity index (χ2n) is 12.8. The Kier molecular flexibility index (Phi) is 9.12. The van der Waals surface area contributed by atoms with Crippen molar-refractivity contribution in [1.82, 2.24) is 19.6 Å². The van der Waals surface area contributed by atoms with E-state index in [9.17, 15) is 14.4 Å². The number of likely N-dealkylation sites (tertiary alicyclic amines) is 2. The van der Waals surface area contributed by atoms with Crippen molar-refractivity contribution in [3.63, 3.8) is 0 Å². The minimum Gasteiger partial charge on any atom is -0.438 e. The third-order valence-electron chi connectivity index (χ3n) is 9.94. The van der Waals surface area contributed by atoms with Gasteiger partial charge in [-0.05, 0) is 63.2 Å². The number of hydrogen-bond acceptors (Lipinski definition) is 8. The van der Waals surface area contributed by atoms with E-state index in [-0.39, 0.29) is 12.3 Å². The number of nitrogens with two attached hydrogens (primary N) is 1. The molecule has 3 fully saturated rings. The molecular formula is C33H43ClN6O5. The Balaban J connectivity index is 1.13. The number of hydrogen-bond donors (Lipinski definition) is 2. The molecule has 3 saturated heterocycles. The summed E-state index contributed by atoms with van der Waals surface area (Å²) >= 11 is 6.39. The normalized spacial score (nSPS) is 21.5. The van der Waals surface area contributed by atoms with Crippen molar-refractivity contribution in [3.8, 4) is 0 Å². The van der Waals surface area contributed by atoms with Crippen molar-refractivity contribution in [1.29, 1.82) is 0 Å². The van der Waals surface area contributed by atoms with Gasteiger partial charge in [0.25, 0.3) is 5.91 Å². The number of carbonyl (C=O) groups is 3. The van der Waals surface area contributed by atoms with Gasteiger partial charge < -0.3 is 29.9 Å². The molecule has 12 heteroatoms. The average Bonchev–Trinajstić information content (AvgIpc) is 3.03. The van der Waals surface area contributed by atoms with Crippen LogP contribution in [-0.2, 0) is 26.3 Å². The Morgan fingerprint density at radius 2 is 1.73 bits per heavy atom. The monoisotopic (exact) mass is 638 g/mol. The zero-order valence-electron chi connectivity index (χ0n) is 26.1. The summed E-state index contributed by atoms with van der Waals surface area (Å²) in [6.07, 6.45) is 1.26. The fourth-order valence-corrected chi connectivity index (χ4v) is 7.47. The first-order valence-corrected chi connectivity index (χ1v) is 16.3. The lowest BCUT2D eigenvalue weighted by atomic mass is 9.82. The number of nitrogens with one attached hydrogen (secondary N) is 1. The maximum atomic E-state index is 14.0. The highest BCUT2D eigenvalue weighted by Crippen LogP contribution is 2.43. The van der Waals surface area contributed by atoms with Crippen molar-refractivity contribution in [2.75, 3.05) is 70.5 Å². The van der Waals surface area contributed by atoms with E-state index in [4.69, 9.17) is 26.8 Å². The molecule has 0 saturated carbocycles. The van der Waals surface area contributed by atoms with E-state index in [0.717, 1.165) is 61.4 Å². The maximum absolute atomic E-state index is 14.0. The highest BCUT2D eigenvalue weighted by atomic mass is 35.5. The molecule has 3 N–H and O–H groups in total. The Labute approximate surface area is 269 Å². The highest BCUT2D eigenvalue weighted by Gasteiger charge is 2.46. The second-order valence-corrected chi connectivity index (χ2v) is 13.2. The van der Waals surface area contributed by atoms with Crippen molar-refractivity contribution >= 4 is 41.1 Å². The molecule has 0 radical (unpaired) electrons. The summed E-state index contributed by atoms with van der Waals surface area (Å²) in [6, 6.07) is 11.8. The predicted molar refractivity (Wildman–Crippen MR) is 172 cm³/mol. The number of carbonyl (C=O) groups excluding carboxylic acids is 3. The standard InChI is InChI=1S/C33H43ClN6O5/c1-22-19-23(20-26(34)29(22)35)21-28(30(41)39-17-15-38(16-18-39)24-7-11-37(2)12-8-24)44-32(43)40-13-9-33(10-14-40)25-5-3-4-6-27(25)36-31(42)45-33/h3-6,19-20,24,28H,7-18,21,35H2,1-2H3,(H,36,42)/t28-/m1/s1. The third kappa shape index (κ3) is 6.71. The molecular weight excluding hydrogens is 596 g/mol. The molecule has 1 atom stereocenters. The van der Waals surface area contributed by atoms with Crippen LogP contribution in [0, 0.1) is 6.92 Å². The first-order chi connectivity index (χ1) is 21.6. The molecule has 4 heterocycles. The molecule has 45 heavy (non-hydrogen) atoms. The summed E-state index contributed by atoms with van der Waals surface area (Å²) in [6.45, 7) is 7.48. The van der Waals surface area contributed by atoms with Crippen LogP contribution in [0.2, 0.25) is 5.02 Å². The third-order valence-corrected chi connectivity index (χ3v) is 10.3. The number of benzene rings is 2. The Bertz CT molecular complexity index is 1410. The van der Waals surface area contributed by atoms with Gasteiger partial charge >= 0.3 is 12.2 Å². The fraction of sp³-hybridized carbons (Fsp3) is 0.545. The van der Waals surface area contributed by atoms with Gasteiger partial charge in [-0.15, -0.1) is 0 Å². The van der Waals surface area contributed by atoms with Gasteiger partial charge in [-0.2, -0.15) is 0 Å². The van der Waals surface area contributed by atoms with Gasteiger partial charge in [0.05, 0.1) is 16.4 Å². The number of ether oxygens (including phenoxy) is 2. The molecule has 3 amide bonds. The average molecular weight is 639 g/mol. The van der Waals surface area contributed by atoms with Gasteiger partial charge in [-0.25, -0.2) is 9.59 Å². The number of fused-ring (bicyclic) bond motifs is 2. The molecule has 4 aliphatic rings. The van der Waals surface area contributed by atoms with Crippen molar-refractivity contribution < 1.29 is 23.9 Å². The molecule has 0 aromatic heterocycles. The first kappa shape index (κ1) is 31.4. The number of aryl methyl sites for hydroxylation is 1. The summed E-state index contributed by atoms with van der Waals surface area (Å²) < 4.78 is 11.8. The van der Waals surface area contributed by atoms with E-state index in [1.807, 2.05) is 42.2 Å². The lowest BCUT2D eigenvalue weighted by Gasteiger charge is -2.44. The Morgan fingerprint density at radius 3 is 2.42 bits per heavy atom. The molecule has 0 aliphatic carbocycles. The SMILES string of the molecule is Cc1cc(C[C@@H](OC(=O)N2CCC3(CC2)OC(=O)Nc2ccccc23)C(=O)N2CCN(C3CCN(C)CC3)CC2)cc(Cl)c1N. The molecule has 2 aromatic carbocycles. The fourth-order valence-electron chi connectivity index (χ4n) is 7.18. The van der Waals surface area contributed by atoms with Crippen molar-refractivity contribution in [3.05, 3.63) is 58.1 Å². The molecule has 1 spiro atoms. The maximum Gasteiger partial charge on any atom is 0.412 e. The van der Waals surface area contributed by atoms with E-state index in [1.165, 1.54) is 0 Å². The van der Waals surface area contributed by atoms with Gasteiger partial charge in [0.2, 0.25) is 0 Å². The van der Waals surface area contributed by atoms with Crippen molar-refractivity contribution in [2.45, 2.75) is 56.8 Å². The number of nitrogens with zero attached hydrogens (tertiary/aromatic N) is 4. The number of nitrogen functional groups attached to an aromatic ring is 1. The van der Waals surface area contributed by atoms with Gasteiger partial charge in [0.1, 0.15) is 5.60 Å². The molecule has 2 aromatic rings. The summed E-state index contributed by atoms with van der Waals surface area (Å²) in [5.74, 6) is -0.202. The van der Waals surface area contributed by atoms with Gasteiger partial charge in [0, 0.05) is 70.1 Å². The molecule has 6 rings (SSSR count). The predicted octanol–water partition coefficient (Wildman–Crippen LogP) is 4.07. The van der Waals surface area contributed by atoms with E-state index in [1.54, 1.807) is 11.0 Å². The van der Waals surface area contributed by atoms with E-state index < -0.39 is 23.9 Å². The minimum absolute atomic E-state index is 0.190. The minimum atomic E-state index is -1.01. The smallest absolute Gasteiger partial charge is 0.412 e. The van der Waals surface area contributed by atoms with Crippen LogP contribution in [0.4, 0.5) is 21.0 Å². The van der Waals surface area contributed by atoms with E-state index in [2.05, 4.69) is 22.2 Å². The van der Waals surface area contributed by atoms with Gasteiger partial charge in [-0.1, -0.05) is 35.9 Å². The number of anilines is 2. The summed E-state index contributed by atoms with van der Waals surface area (Å²) in [7, 11) is 2.16. The number of para-hydroxylation sites is 1. The largest absolute Gasteiger partial charge is 0.438 e. The molecule has 0 bridgehead atoms. The lowest BCUT2D eigenvalue weighted by Crippen LogP contribution is -2.56. The number of amides is 3. The van der Waals surface area contributed by atoms with Crippen LogP contribution in [0.25, 0.3) is 0 Å². The number of piperidine rings is 2. The Hall–Kier alpha value is -3.54. The van der Waals surface area contributed by atoms with Gasteiger partial charge in [-0.3, -0.25) is 15.0 Å². The summed E-state index contributed by atoms with van der Waals surface area (Å²) in [5, 5.41) is 3.17. The molecule has 11 nitrogen and oxygen atoms in total. The first-order valence-electron chi connectivity index (χ1n) is 15.9. The quantitative estimate of drug-likeness (QED) is 0.471. The van der Waals surface area contributed by atoms with E-state index >= 15 is 0 Å². The van der Waals surface area contributed by atoms with Crippen LogP contribution < -0.4 is 11.1 Å². The zero-order valence-corrected chi connectivity index (χ0v) is 26.9. The topological polar surface area (TPSA) is 121 Å². The molecule has 4 aliphatic heterocycles.